The molecule has 1 aliphatic carbocycles. The highest BCUT2D eigenvalue weighted by atomic mass is 19.1. The third kappa shape index (κ3) is 6.23. The number of carboxylic acid groups (broad SMARTS) is 1. The van der Waals surface area contributed by atoms with Gasteiger partial charge in [0.25, 0.3) is 0 Å². The Labute approximate surface area is 241 Å². The Kier molecular flexibility index (Phi) is 8.61. The fourth-order valence-corrected chi connectivity index (χ4v) is 6.00. The molecule has 41 heavy (non-hydrogen) atoms. The number of nitrogens with zero attached hydrogens (tertiary/aromatic N) is 2. The Morgan fingerprint density at radius 3 is 2.80 bits per heavy atom. The van der Waals surface area contributed by atoms with Crippen LogP contribution in [0.4, 0.5) is 4.39 Å². The Balaban J connectivity index is 1.47. The van der Waals surface area contributed by atoms with Crippen LogP contribution >= 0.6 is 0 Å². The van der Waals surface area contributed by atoms with Crippen LogP contribution in [0.1, 0.15) is 69.1 Å². The third-order valence-corrected chi connectivity index (χ3v) is 8.82. The lowest BCUT2D eigenvalue weighted by atomic mass is 9.92. The molecule has 218 valence electrons. The number of hydrogen-bond acceptors (Lipinski definition) is 6. The normalized spacial score (nSPS) is 21.9. The van der Waals surface area contributed by atoms with Gasteiger partial charge in [0.05, 0.1) is 19.1 Å². The van der Waals surface area contributed by atoms with Crippen molar-refractivity contribution in [2.24, 2.45) is 5.92 Å². The second-order valence-electron chi connectivity index (χ2n) is 11.4. The Bertz CT molecular complexity index is 1370. The Morgan fingerprint density at radius 2 is 2.10 bits per heavy atom. The summed E-state index contributed by atoms with van der Waals surface area (Å²) in [6.07, 6.45) is 10.9. The van der Waals surface area contributed by atoms with Gasteiger partial charge in [-0.1, -0.05) is 43.4 Å². The molecule has 2 aromatic rings. The smallest absolute Gasteiger partial charge is 0.309 e. The maximum atomic E-state index is 15.1. The van der Waals surface area contributed by atoms with Gasteiger partial charge in [-0.15, -0.1) is 0 Å². The monoisotopic (exact) mass is 562 g/mol. The van der Waals surface area contributed by atoms with Gasteiger partial charge in [0.15, 0.2) is 0 Å². The quantitative estimate of drug-likeness (QED) is 0.349. The summed E-state index contributed by atoms with van der Waals surface area (Å²) in [6.45, 7) is 7.09. The fourth-order valence-electron chi connectivity index (χ4n) is 6.00. The summed E-state index contributed by atoms with van der Waals surface area (Å²) in [7, 11) is 1.53. The minimum Gasteiger partial charge on any atom is -0.485 e. The van der Waals surface area contributed by atoms with Crippen LogP contribution < -0.4 is 4.74 Å². The van der Waals surface area contributed by atoms with Crippen LogP contribution in [0.2, 0.25) is 0 Å². The zero-order valence-electron chi connectivity index (χ0n) is 23.8. The average Bonchev–Trinajstić information content (AvgIpc) is 3.76. The number of halogens is 1. The molecule has 0 bridgehead atoms. The fraction of sp³-hybridized carbons (Fsp3) is 0.455. The van der Waals surface area contributed by atoms with Crippen LogP contribution in [0.15, 0.2) is 66.5 Å². The van der Waals surface area contributed by atoms with E-state index in [4.69, 9.17) is 9.47 Å². The van der Waals surface area contributed by atoms with Gasteiger partial charge in [-0.25, -0.2) is 9.37 Å². The van der Waals surface area contributed by atoms with Gasteiger partial charge in [0.2, 0.25) is 5.88 Å². The van der Waals surface area contributed by atoms with Crippen LogP contribution in [0.3, 0.4) is 0 Å². The first-order chi connectivity index (χ1) is 19.7. The van der Waals surface area contributed by atoms with Crippen molar-refractivity contribution < 1.29 is 28.9 Å². The van der Waals surface area contributed by atoms with E-state index in [1.807, 2.05) is 12.1 Å². The van der Waals surface area contributed by atoms with E-state index in [0.29, 0.717) is 18.2 Å². The number of aliphatic carboxylic acids is 1. The second-order valence-corrected chi connectivity index (χ2v) is 11.4. The standard InChI is InChI=1S/C33H39FN2O5/c1-4-22-8-12-29(41-28(22)13-11-27(37)21(2)32(38)39)23-7-9-25(31-26(34)10-14-30(35-31)40-3)24(19-23)20-36-18-6-5-15-33(36)16-17-33/h4,7,9-11,13-14,19,21,27,29,37H,1,5-6,8,12,15-18,20H2,2-3H3,(H,38,39)/b13-11+/t21-,27-,29?/m0/s1. The zero-order chi connectivity index (χ0) is 29.1. The molecule has 1 unspecified atom stereocenters. The third-order valence-electron chi connectivity index (χ3n) is 8.82. The SMILES string of the molecule is C=CC1=C(/C=C/[C@H](O)[C@H](C)C(=O)O)OC(c2ccc(-c3nc(OC)ccc3F)c(CN3CCCCC34CC4)c2)CC1. The van der Waals surface area contributed by atoms with Gasteiger partial charge in [-0.2, -0.15) is 0 Å². The highest BCUT2D eigenvalue weighted by Gasteiger charge is 2.48. The lowest BCUT2D eigenvalue weighted by Crippen LogP contribution is -2.40. The number of pyridine rings is 1. The topological polar surface area (TPSA) is 92.1 Å². The molecular formula is C33H39FN2O5. The Hall–Kier alpha value is -3.49. The van der Waals surface area contributed by atoms with Crippen molar-refractivity contribution >= 4 is 5.97 Å². The molecule has 1 aromatic carbocycles. The summed E-state index contributed by atoms with van der Waals surface area (Å²) in [5.41, 5.74) is 4.16. The summed E-state index contributed by atoms with van der Waals surface area (Å²) in [5, 5.41) is 19.5. The van der Waals surface area contributed by atoms with E-state index in [2.05, 4.69) is 22.5 Å². The number of piperidine rings is 1. The van der Waals surface area contributed by atoms with Crippen molar-refractivity contribution in [1.82, 2.24) is 9.88 Å². The maximum absolute atomic E-state index is 15.1. The number of allylic oxidation sites excluding steroid dienone is 3. The Morgan fingerprint density at radius 1 is 1.29 bits per heavy atom. The highest BCUT2D eigenvalue weighted by molar-refractivity contribution is 5.70. The number of aliphatic hydroxyl groups excluding tert-OH is 1. The number of carbonyl (C=O) groups is 1. The molecule has 8 heteroatoms. The molecule has 2 aliphatic heterocycles. The maximum Gasteiger partial charge on any atom is 0.309 e. The first kappa shape index (κ1) is 29.0. The number of ether oxygens (including phenoxy) is 2. The number of aromatic nitrogens is 1. The van der Waals surface area contributed by atoms with Crippen LogP contribution in [-0.2, 0) is 16.1 Å². The van der Waals surface area contributed by atoms with E-state index < -0.39 is 23.8 Å². The molecule has 1 aromatic heterocycles. The average molecular weight is 563 g/mol. The highest BCUT2D eigenvalue weighted by Crippen LogP contribution is 2.49. The summed E-state index contributed by atoms with van der Waals surface area (Å²) in [5.74, 6) is -1.48. The molecule has 3 atom stereocenters. The summed E-state index contributed by atoms with van der Waals surface area (Å²) < 4.78 is 26.8. The molecule has 1 saturated heterocycles. The molecule has 1 spiro atoms. The number of carboxylic acids is 1. The van der Waals surface area contributed by atoms with Gasteiger partial charge in [0, 0.05) is 23.7 Å². The van der Waals surface area contributed by atoms with Crippen LogP contribution in [0, 0.1) is 11.7 Å². The number of benzene rings is 1. The molecule has 3 aliphatic rings. The van der Waals surface area contributed by atoms with E-state index >= 15 is 4.39 Å². The molecule has 0 radical (unpaired) electrons. The van der Waals surface area contributed by atoms with Crippen molar-refractivity contribution in [2.75, 3.05) is 13.7 Å². The van der Waals surface area contributed by atoms with Gasteiger partial charge in [0.1, 0.15) is 23.4 Å². The summed E-state index contributed by atoms with van der Waals surface area (Å²) >= 11 is 0. The summed E-state index contributed by atoms with van der Waals surface area (Å²) in [4.78, 5) is 18.3. The molecule has 2 fully saturated rings. The van der Waals surface area contributed by atoms with Crippen molar-refractivity contribution in [2.45, 2.75) is 76.2 Å². The van der Waals surface area contributed by atoms with Crippen molar-refractivity contribution in [3.8, 4) is 17.1 Å². The molecule has 0 amide bonds. The molecule has 7 nitrogen and oxygen atoms in total. The van der Waals surface area contributed by atoms with Gasteiger partial charge >= 0.3 is 5.97 Å². The number of rotatable bonds is 10. The lowest BCUT2D eigenvalue weighted by Gasteiger charge is -2.37. The molecule has 1 saturated carbocycles. The first-order valence-electron chi connectivity index (χ1n) is 14.4. The zero-order valence-corrected chi connectivity index (χ0v) is 23.8. The van der Waals surface area contributed by atoms with Crippen LogP contribution in [-0.4, -0.2) is 51.4 Å². The number of methoxy groups -OCH3 is 1. The molecule has 3 heterocycles. The number of hydrogen-bond donors (Lipinski definition) is 2. The second kappa shape index (κ2) is 12.2. The van der Waals surface area contributed by atoms with Crippen molar-refractivity contribution in [1.29, 1.82) is 0 Å². The minimum atomic E-state index is -1.15. The first-order valence-corrected chi connectivity index (χ1v) is 14.4. The van der Waals surface area contributed by atoms with Crippen LogP contribution in [0.5, 0.6) is 5.88 Å². The van der Waals surface area contributed by atoms with E-state index in [1.165, 1.54) is 57.9 Å². The van der Waals surface area contributed by atoms with E-state index in [9.17, 15) is 15.0 Å². The number of likely N-dealkylation sites (tertiary alicyclic amines) is 1. The lowest BCUT2D eigenvalue weighted by molar-refractivity contribution is -0.143. The number of aliphatic hydroxyl groups is 1. The van der Waals surface area contributed by atoms with Gasteiger partial charge in [-0.05, 0) is 80.8 Å². The minimum absolute atomic E-state index is 0.264. The predicted molar refractivity (Wildman–Crippen MR) is 155 cm³/mol. The summed E-state index contributed by atoms with van der Waals surface area (Å²) in [6, 6.07) is 8.94. The van der Waals surface area contributed by atoms with E-state index in [0.717, 1.165) is 48.1 Å². The predicted octanol–water partition coefficient (Wildman–Crippen LogP) is 6.34. The molecule has 2 N–H and O–H groups in total. The van der Waals surface area contributed by atoms with Gasteiger partial charge < -0.3 is 19.7 Å². The van der Waals surface area contributed by atoms with Crippen LogP contribution in [0.25, 0.3) is 11.3 Å². The van der Waals surface area contributed by atoms with Crippen molar-refractivity contribution in [3.63, 3.8) is 0 Å². The largest absolute Gasteiger partial charge is 0.485 e. The van der Waals surface area contributed by atoms with Crippen molar-refractivity contribution in [3.05, 3.63) is 83.4 Å². The molecular weight excluding hydrogens is 523 g/mol. The van der Waals surface area contributed by atoms with Gasteiger partial charge in [-0.3, -0.25) is 9.69 Å². The van der Waals surface area contributed by atoms with E-state index in [-0.39, 0.29) is 17.3 Å². The van der Waals surface area contributed by atoms with E-state index in [1.54, 1.807) is 12.2 Å². The molecule has 5 rings (SSSR count).